The van der Waals surface area contributed by atoms with Gasteiger partial charge in [-0.05, 0) is 44.2 Å². The zero-order valence-corrected chi connectivity index (χ0v) is 15.8. The molecule has 1 amide bonds. The number of para-hydroxylation sites is 2. The van der Waals surface area contributed by atoms with Gasteiger partial charge in [-0.1, -0.05) is 23.8 Å². The molecule has 140 valence electrons. The van der Waals surface area contributed by atoms with Crippen LogP contribution in [0.1, 0.15) is 21.7 Å². The summed E-state index contributed by atoms with van der Waals surface area (Å²) < 4.78 is 1.43. The second kappa shape index (κ2) is 6.77. The number of hydrogen-bond acceptors (Lipinski definition) is 4. The van der Waals surface area contributed by atoms with E-state index in [-0.39, 0.29) is 5.69 Å². The second-order valence-corrected chi connectivity index (χ2v) is 6.75. The lowest BCUT2D eigenvalue weighted by Crippen LogP contribution is -2.29. The van der Waals surface area contributed by atoms with Crippen LogP contribution >= 0.6 is 0 Å². The number of carbonyl (C=O) groups is 1. The lowest BCUT2D eigenvalue weighted by molar-refractivity contribution is 0.102. The van der Waals surface area contributed by atoms with Crippen molar-refractivity contribution in [3.8, 4) is 11.3 Å². The number of carbonyl (C=O) groups excluding carboxylic acids is 1. The summed E-state index contributed by atoms with van der Waals surface area (Å²) in [5.41, 5.74) is 4.68. The maximum Gasteiger partial charge on any atom is 0.282 e. The van der Waals surface area contributed by atoms with Crippen molar-refractivity contribution in [1.29, 1.82) is 0 Å². The van der Waals surface area contributed by atoms with Gasteiger partial charge in [0.2, 0.25) is 0 Å². The number of hydrogen-bond donors (Lipinski definition) is 2. The molecule has 2 heterocycles. The van der Waals surface area contributed by atoms with E-state index in [0.717, 1.165) is 22.5 Å². The Balaban J connectivity index is 1.77. The number of rotatable bonds is 3. The number of aromatic amines is 1. The highest BCUT2D eigenvalue weighted by Gasteiger charge is 2.18. The molecule has 4 rings (SSSR count). The molecule has 0 spiro atoms. The molecule has 7 heteroatoms. The van der Waals surface area contributed by atoms with E-state index in [2.05, 4.69) is 20.5 Å². The molecule has 0 unspecified atom stereocenters. The maximum absolute atomic E-state index is 12.9. The summed E-state index contributed by atoms with van der Waals surface area (Å²) in [6.07, 6.45) is 0. The molecule has 0 fully saturated rings. The van der Waals surface area contributed by atoms with Crippen LogP contribution in [0.2, 0.25) is 0 Å². The Kier molecular flexibility index (Phi) is 4.27. The van der Waals surface area contributed by atoms with Gasteiger partial charge in [-0.15, -0.1) is 0 Å². The first-order chi connectivity index (χ1) is 13.4. The summed E-state index contributed by atoms with van der Waals surface area (Å²) in [5.74, 6) is -0.552. The SMILES string of the molecule is Cc1ccc(NC(=O)c2nc3ccccc3n(C)c2=O)c(-c2cc(C)[nH]n2)c1. The van der Waals surface area contributed by atoms with E-state index in [1.54, 1.807) is 25.2 Å². The Morgan fingerprint density at radius 2 is 1.89 bits per heavy atom. The van der Waals surface area contributed by atoms with Crippen molar-refractivity contribution in [2.45, 2.75) is 13.8 Å². The van der Waals surface area contributed by atoms with Gasteiger partial charge in [0, 0.05) is 18.3 Å². The highest BCUT2D eigenvalue weighted by Crippen LogP contribution is 2.28. The van der Waals surface area contributed by atoms with Crippen LogP contribution in [0.4, 0.5) is 5.69 Å². The summed E-state index contributed by atoms with van der Waals surface area (Å²) in [6, 6.07) is 14.8. The van der Waals surface area contributed by atoms with Crippen molar-refractivity contribution in [2.24, 2.45) is 7.05 Å². The first-order valence-electron chi connectivity index (χ1n) is 8.84. The van der Waals surface area contributed by atoms with Crippen molar-refractivity contribution in [2.75, 3.05) is 5.32 Å². The van der Waals surface area contributed by atoms with Crippen LogP contribution in [0.25, 0.3) is 22.3 Å². The molecule has 0 saturated heterocycles. The minimum absolute atomic E-state index is 0.147. The maximum atomic E-state index is 12.9. The molecule has 7 nitrogen and oxygen atoms in total. The standard InChI is InChI=1S/C21H19N5O2/c1-12-8-9-15(14(10-12)17-11-13(2)24-25-17)23-20(27)19-21(28)26(3)18-7-5-4-6-16(18)22-19/h4-11H,1-3H3,(H,23,27)(H,24,25). The summed E-state index contributed by atoms with van der Waals surface area (Å²) >= 11 is 0. The van der Waals surface area contributed by atoms with E-state index in [1.807, 2.05) is 44.2 Å². The number of nitrogens with zero attached hydrogens (tertiary/aromatic N) is 3. The van der Waals surface area contributed by atoms with E-state index < -0.39 is 11.5 Å². The Hall–Kier alpha value is -3.74. The van der Waals surface area contributed by atoms with Crippen LogP contribution in [0.3, 0.4) is 0 Å². The van der Waals surface area contributed by atoms with Crippen LogP contribution in [0, 0.1) is 13.8 Å². The van der Waals surface area contributed by atoms with Gasteiger partial charge in [0.15, 0.2) is 5.69 Å². The van der Waals surface area contributed by atoms with Gasteiger partial charge in [-0.3, -0.25) is 14.7 Å². The van der Waals surface area contributed by atoms with Gasteiger partial charge in [-0.2, -0.15) is 5.10 Å². The Labute approximate surface area is 161 Å². The number of amides is 1. The molecule has 0 radical (unpaired) electrons. The molecule has 0 saturated carbocycles. The number of aromatic nitrogens is 4. The Morgan fingerprint density at radius 1 is 1.11 bits per heavy atom. The molecule has 0 aliphatic carbocycles. The zero-order valence-electron chi connectivity index (χ0n) is 15.8. The molecule has 4 aromatic rings. The molecule has 0 bridgehead atoms. The lowest BCUT2D eigenvalue weighted by atomic mass is 10.1. The molecular formula is C21H19N5O2. The van der Waals surface area contributed by atoms with Crippen molar-refractivity contribution >= 4 is 22.6 Å². The largest absolute Gasteiger partial charge is 0.320 e. The first kappa shape index (κ1) is 17.7. The van der Waals surface area contributed by atoms with Gasteiger partial charge in [0.25, 0.3) is 11.5 Å². The summed E-state index contributed by atoms with van der Waals surface area (Å²) in [7, 11) is 1.63. The third-order valence-electron chi connectivity index (χ3n) is 4.60. The van der Waals surface area contributed by atoms with Crippen molar-refractivity contribution in [1.82, 2.24) is 19.7 Å². The van der Waals surface area contributed by atoms with E-state index in [4.69, 9.17) is 0 Å². The minimum atomic E-state index is -0.552. The van der Waals surface area contributed by atoms with Crippen LogP contribution in [-0.4, -0.2) is 25.7 Å². The lowest BCUT2D eigenvalue weighted by Gasteiger charge is -2.11. The van der Waals surface area contributed by atoms with E-state index >= 15 is 0 Å². The second-order valence-electron chi connectivity index (χ2n) is 6.75. The summed E-state index contributed by atoms with van der Waals surface area (Å²) in [5, 5.41) is 10.0. The number of fused-ring (bicyclic) bond motifs is 1. The summed E-state index contributed by atoms with van der Waals surface area (Å²) in [6.45, 7) is 3.88. The monoisotopic (exact) mass is 373 g/mol. The topological polar surface area (TPSA) is 92.7 Å². The van der Waals surface area contributed by atoms with E-state index in [0.29, 0.717) is 16.7 Å². The Morgan fingerprint density at radius 3 is 2.64 bits per heavy atom. The first-order valence-corrected chi connectivity index (χ1v) is 8.84. The van der Waals surface area contributed by atoms with Gasteiger partial charge >= 0.3 is 0 Å². The molecule has 0 aliphatic rings. The van der Waals surface area contributed by atoms with Gasteiger partial charge in [0.1, 0.15) is 0 Å². The molecule has 2 N–H and O–H groups in total. The average Bonchev–Trinajstić information content (AvgIpc) is 3.12. The van der Waals surface area contributed by atoms with Crippen molar-refractivity contribution in [3.05, 3.63) is 75.8 Å². The van der Waals surface area contributed by atoms with Crippen LogP contribution in [0.5, 0.6) is 0 Å². The fraction of sp³-hybridized carbons (Fsp3) is 0.143. The molecule has 2 aromatic heterocycles. The fourth-order valence-corrected chi connectivity index (χ4v) is 3.14. The number of H-pyrrole nitrogens is 1. The molecule has 0 aliphatic heterocycles. The van der Waals surface area contributed by atoms with E-state index in [1.165, 1.54) is 4.57 Å². The Bertz CT molecular complexity index is 1270. The fourth-order valence-electron chi connectivity index (χ4n) is 3.14. The number of nitrogens with one attached hydrogen (secondary N) is 2. The zero-order chi connectivity index (χ0) is 19.8. The number of anilines is 1. The minimum Gasteiger partial charge on any atom is -0.320 e. The molecule has 2 aromatic carbocycles. The highest BCUT2D eigenvalue weighted by atomic mass is 16.2. The third kappa shape index (κ3) is 3.07. The molecule has 0 atom stereocenters. The predicted molar refractivity (Wildman–Crippen MR) is 108 cm³/mol. The van der Waals surface area contributed by atoms with Crippen molar-refractivity contribution < 1.29 is 4.79 Å². The van der Waals surface area contributed by atoms with Gasteiger partial charge in [-0.25, -0.2) is 4.98 Å². The normalized spacial score (nSPS) is 11.0. The number of benzene rings is 2. The number of aryl methyl sites for hydroxylation is 3. The molecular weight excluding hydrogens is 354 g/mol. The predicted octanol–water partition coefficient (Wildman–Crippen LogP) is 3.19. The third-order valence-corrected chi connectivity index (χ3v) is 4.60. The van der Waals surface area contributed by atoms with Crippen molar-refractivity contribution in [3.63, 3.8) is 0 Å². The highest BCUT2D eigenvalue weighted by molar-refractivity contribution is 6.05. The molecule has 28 heavy (non-hydrogen) atoms. The van der Waals surface area contributed by atoms with Gasteiger partial charge < -0.3 is 9.88 Å². The van der Waals surface area contributed by atoms with E-state index in [9.17, 15) is 9.59 Å². The van der Waals surface area contributed by atoms with Crippen LogP contribution in [0.15, 0.2) is 53.3 Å². The summed E-state index contributed by atoms with van der Waals surface area (Å²) in [4.78, 5) is 29.8. The smallest absolute Gasteiger partial charge is 0.282 e. The average molecular weight is 373 g/mol. The van der Waals surface area contributed by atoms with Gasteiger partial charge in [0.05, 0.1) is 22.4 Å². The quantitative estimate of drug-likeness (QED) is 0.577. The van der Waals surface area contributed by atoms with Crippen LogP contribution < -0.4 is 10.9 Å². The van der Waals surface area contributed by atoms with Crippen LogP contribution in [-0.2, 0) is 7.05 Å².